The molecule has 0 radical (unpaired) electrons. The Hall–Kier alpha value is -2.81. The van der Waals surface area contributed by atoms with Gasteiger partial charge in [-0.15, -0.1) is 0 Å². The number of benzene rings is 2. The number of ether oxygens (including phenoxy) is 2. The standard InChI is InChI=1S/C21H22FN3O4/c1-13(26)20-23-17-12-29-21(28-11-14-5-3-2-4-6-14)19(27)18(17)25(24-20)16-9-7-15(22)8-10-16/h2-10,17-19,21,27H,11-12H2,1H3,(H,23,24)/t17-,18-,19+,21-/m0/s1. The highest BCUT2D eigenvalue weighted by Crippen LogP contribution is 2.29. The lowest BCUT2D eigenvalue weighted by molar-refractivity contribution is -0.229. The van der Waals surface area contributed by atoms with Gasteiger partial charge >= 0.3 is 0 Å². The summed E-state index contributed by atoms with van der Waals surface area (Å²) in [6.45, 7) is 1.87. The van der Waals surface area contributed by atoms with Crippen molar-refractivity contribution in [2.75, 3.05) is 11.6 Å². The van der Waals surface area contributed by atoms with E-state index in [-0.39, 0.29) is 30.6 Å². The van der Waals surface area contributed by atoms with Crippen molar-refractivity contribution in [2.45, 2.75) is 38.0 Å². The maximum atomic E-state index is 13.4. The molecular formula is C21H22FN3O4. The number of hydrogen-bond acceptors (Lipinski definition) is 7. The van der Waals surface area contributed by atoms with Crippen molar-refractivity contribution in [3.05, 3.63) is 66.0 Å². The second-order valence-electron chi connectivity index (χ2n) is 7.04. The van der Waals surface area contributed by atoms with Gasteiger partial charge in [-0.25, -0.2) is 4.39 Å². The molecule has 2 aromatic carbocycles. The van der Waals surface area contributed by atoms with Gasteiger partial charge in [0.25, 0.3) is 0 Å². The summed E-state index contributed by atoms with van der Waals surface area (Å²) in [7, 11) is 0. The molecule has 2 N–H and O–H groups in total. The number of carbonyl (C=O) groups excluding carboxylic acids is 1. The molecule has 2 aromatic rings. The molecule has 4 rings (SSSR count). The lowest BCUT2D eigenvalue weighted by Crippen LogP contribution is -2.68. The normalized spacial score (nSPS) is 26.3. The van der Waals surface area contributed by atoms with E-state index in [9.17, 15) is 14.3 Å². The van der Waals surface area contributed by atoms with Gasteiger partial charge in [0.1, 0.15) is 24.0 Å². The summed E-state index contributed by atoms with van der Waals surface area (Å²) in [5.74, 6) is -0.457. The van der Waals surface area contributed by atoms with Crippen molar-refractivity contribution in [3.8, 4) is 0 Å². The first-order valence-electron chi connectivity index (χ1n) is 9.38. The summed E-state index contributed by atoms with van der Waals surface area (Å²) < 4.78 is 24.9. The lowest BCUT2D eigenvalue weighted by Gasteiger charge is -2.47. The highest BCUT2D eigenvalue weighted by Gasteiger charge is 2.46. The van der Waals surface area contributed by atoms with Gasteiger partial charge in [-0.2, -0.15) is 0 Å². The number of hydrazine groups is 1. The van der Waals surface area contributed by atoms with E-state index >= 15 is 0 Å². The van der Waals surface area contributed by atoms with Crippen LogP contribution in [0.1, 0.15) is 12.5 Å². The third kappa shape index (κ3) is 4.14. The van der Waals surface area contributed by atoms with Crippen LogP contribution in [-0.4, -0.2) is 47.8 Å². The molecule has 0 unspecified atom stereocenters. The Bertz CT molecular complexity index is 891. The van der Waals surface area contributed by atoms with Crippen LogP contribution in [-0.2, 0) is 20.9 Å². The molecule has 29 heavy (non-hydrogen) atoms. The molecule has 1 fully saturated rings. The number of aliphatic hydroxyl groups excluding tert-OH is 1. The van der Waals surface area contributed by atoms with Crippen LogP contribution in [0.2, 0.25) is 0 Å². The van der Waals surface area contributed by atoms with E-state index in [1.165, 1.54) is 19.1 Å². The number of rotatable bonds is 5. The lowest BCUT2D eigenvalue weighted by atomic mass is 9.97. The average molecular weight is 399 g/mol. The zero-order chi connectivity index (χ0) is 20.4. The van der Waals surface area contributed by atoms with Crippen LogP contribution < -0.4 is 10.4 Å². The summed E-state index contributed by atoms with van der Waals surface area (Å²) >= 11 is 0. The zero-order valence-electron chi connectivity index (χ0n) is 15.9. The first kappa shape index (κ1) is 19.5. The third-order valence-corrected chi connectivity index (χ3v) is 4.97. The number of nitrogens with one attached hydrogen (secondary N) is 1. The topological polar surface area (TPSA) is 83.4 Å². The molecule has 7 nitrogen and oxygen atoms in total. The van der Waals surface area contributed by atoms with Gasteiger partial charge < -0.3 is 14.6 Å². The number of amidine groups is 1. The molecule has 0 saturated carbocycles. The number of fused-ring (bicyclic) bond motifs is 1. The Labute approximate surface area is 167 Å². The van der Waals surface area contributed by atoms with E-state index in [0.717, 1.165) is 5.56 Å². The number of nitrogens with zero attached hydrogens (tertiary/aromatic N) is 2. The Morgan fingerprint density at radius 1 is 1.28 bits per heavy atom. The molecule has 152 valence electrons. The molecule has 0 aliphatic carbocycles. The van der Waals surface area contributed by atoms with Crippen molar-refractivity contribution < 1.29 is 23.8 Å². The molecule has 2 heterocycles. The molecule has 0 bridgehead atoms. The minimum absolute atomic E-state index is 0.162. The monoisotopic (exact) mass is 399 g/mol. The summed E-state index contributed by atoms with van der Waals surface area (Å²) in [5.41, 5.74) is 4.51. The SMILES string of the molecule is CC(=O)C1=N[C@H]2CO[C@H](OCc3ccccc3)[C@H](O)[C@H]2N(c2ccc(F)cc2)N1. The number of carbonyl (C=O) groups is 1. The average Bonchev–Trinajstić information content (AvgIpc) is 2.74. The van der Waals surface area contributed by atoms with Gasteiger partial charge in [0, 0.05) is 6.92 Å². The fraction of sp³-hybridized carbons (Fsp3) is 0.333. The van der Waals surface area contributed by atoms with Crippen LogP contribution in [0.25, 0.3) is 0 Å². The van der Waals surface area contributed by atoms with Gasteiger partial charge in [-0.1, -0.05) is 30.3 Å². The maximum Gasteiger partial charge on any atom is 0.196 e. The number of anilines is 1. The molecule has 2 aliphatic heterocycles. The van der Waals surface area contributed by atoms with Crippen LogP contribution in [0.15, 0.2) is 59.6 Å². The van der Waals surface area contributed by atoms with Crippen LogP contribution in [0.4, 0.5) is 10.1 Å². The van der Waals surface area contributed by atoms with Crippen molar-refractivity contribution >= 4 is 17.3 Å². The van der Waals surface area contributed by atoms with Crippen molar-refractivity contribution in [3.63, 3.8) is 0 Å². The molecule has 0 aromatic heterocycles. The number of halogens is 1. The predicted octanol–water partition coefficient (Wildman–Crippen LogP) is 1.81. The molecule has 4 atom stereocenters. The highest BCUT2D eigenvalue weighted by atomic mass is 19.1. The van der Waals surface area contributed by atoms with E-state index in [2.05, 4.69) is 10.4 Å². The van der Waals surface area contributed by atoms with E-state index < -0.39 is 24.5 Å². The van der Waals surface area contributed by atoms with Crippen molar-refractivity contribution in [1.82, 2.24) is 5.43 Å². The fourth-order valence-electron chi connectivity index (χ4n) is 3.51. The van der Waals surface area contributed by atoms with Gasteiger partial charge in [0.15, 0.2) is 17.9 Å². The van der Waals surface area contributed by atoms with Crippen LogP contribution >= 0.6 is 0 Å². The maximum absolute atomic E-state index is 13.4. The van der Waals surface area contributed by atoms with Crippen LogP contribution in [0.3, 0.4) is 0 Å². The number of aliphatic imine (C=N–C) groups is 1. The molecule has 1 saturated heterocycles. The van der Waals surface area contributed by atoms with Crippen LogP contribution in [0.5, 0.6) is 0 Å². The first-order valence-corrected chi connectivity index (χ1v) is 9.38. The van der Waals surface area contributed by atoms with Gasteiger partial charge in [-0.3, -0.25) is 20.2 Å². The van der Waals surface area contributed by atoms with Crippen LogP contribution in [0, 0.1) is 5.82 Å². The number of Topliss-reactive ketones (excluding diaryl/α,β-unsaturated/α-hetero) is 1. The predicted molar refractivity (Wildman–Crippen MR) is 105 cm³/mol. The molecule has 8 heteroatoms. The van der Waals surface area contributed by atoms with E-state index in [4.69, 9.17) is 9.47 Å². The van der Waals surface area contributed by atoms with Crippen molar-refractivity contribution in [2.24, 2.45) is 4.99 Å². The van der Waals surface area contributed by atoms with E-state index in [1.54, 1.807) is 17.1 Å². The Morgan fingerprint density at radius 2 is 2.00 bits per heavy atom. The Morgan fingerprint density at radius 3 is 2.69 bits per heavy atom. The molecule has 2 aliphatic rings. The second-order valence-corrected chi connectivity index (χ2v) is 7.04. The minimum Gasteiger partial charge on any atom is -0.385 e. The molecular weight excluding hydrogens is 377 g/mol. The summed E-state index contributed by atoms with van der Waals surface area (Å²) in [5, 5.41) is 12.6. The Balaban J connectivity index is 1.57. The van der Waals surface area contributed by atoms with Gasteiger partial charge in [-0.05, 0) is 29.8 Å². The molecule has 0 amide bonds. The summed E-state index contributed by atoms with van der Waals surface area (Å²) in [6, 6.07) is 14.3. The number of hydrogen-bond donors (Lipinski definition) is 2. The van der Waals surface area contributed by atoms with Gasteiger partial charge in [0.05, 0.1) is 18.9 Å². The van der Waals surface area contributed by atoms with Gasteiger partial charge in [0.2, 0.25) is 0 Å². The third-order valence-electron chi connectivity index (χ3n) is 4.97. The Kier molecular flexibility index (Phi) is 5.57. The quantitative estimate of drug-likeness (QED) is 0.798. The van der Waals surface area contributed by atoms with Crippen molar-refractivity contribution in [1.29, 1.82) is 0 Å². The fourth-order valence-corrected chi connectivity index (χ4v) is 3.51. The van der Waals surface area contributed by atoms with E-state index in [1.807, 2.05) is 30.3 Å². The minimum atomic E-state index is -1.05. The first-order chi connectivity index (χ1) is 14.0. The summed E-state index contributed by atoms with van der Waals surface area (Å²) in [6.07, 6.45) is -1.91. The highest BCUT2D eigenvalue weighted by molar-refractivity contribution is 6.38. The zero-order valence-corrected chi connectivity index (χ0v) is 15.9. The second kappa shape index (κ2) is 8.28. The van der Waals surface area contributed by atoms with E-state index in [0.29, 0.717) is 5.69 Å². The number of aliphatic hydroxyl groups is 1. The summed E-state index contributed by atoms with van der Waals surface area (Å²) in [4.78, 5) is 16.3. The number of ketones is 1. The molecule has 0 spiro atoms. The smallest absolute Gasteiger partial charge is 0.196 e. The largest absolute Gasteiger partial charge is 0.385 e.